The number of halogens is 1. The molecule has 0 saturated heterocycles. The van der Waals surface area contributed by atoms with Crippen LogP contribution in [0.2, 0.25) is 0 Å². The van der Waals surface area contributed by atoms with Crippen LogP contribution in [0.15, 0.2) is 14.7 Å². The van der Waals surface area contributed by atoms with E-state index in [0.717, 1.165) is 8.66 Å². The summed E-state index contributed by atoms with van der Waals surface area (Å²) in [5.74, 6) is 0. The zero-order chi connectivity index (χ0) is 13.1. The van der Waals surface area contributed by atoms with Crippen LogP contribution in [0, 0.1) is 6.92 Å². The van der Waals surface area contributed by atoms with Crippen molar-refractivity contribution < 1.29 is 13.5 Å². The number of rotatable bonds is 6. The molecule has 2 N–H and O–H groups in total. The van der Waals surface area contributed by atoms with Crippen molar-refractivity contribution in [2.75, 3.05) is 6.61 Å². The van der Waals surface area contributed by atoms with Gasteiger partial charge >= 0.3 is 0 Å². The van der Waals surface area contributed by atoms with Crippen LogP contribution in [0.4, 0.5) is 0 Å². The Labute approximate surface area is 114 Å². The van der Waals surface area contributed by atoms with Crippen molar-refractivity contribution in [2.45, 2.75) is 37.6 Å². The lowest BCUT2D eigenvalue weighted by molar-refractivity contribution is 0.279. The van der Waals surface area contributed by atoms with Gasteiger partial charge < -0.3 is 5.11 Å². The molecule has 1 atom stereocenters. The smallest absolute Gasteiger partial charge is 0.241 e. The van der Waals surface area contributed by atoms with Crippen LogP contribution in [-0.4, -0.2) is 26.2 Å². The van der Waals surface area contributed by atoms with Gasteiger partial charge in [-0.25, -0.2) is 13.1 Å². The summed E-state index contributed by atoms with van der Waals surface area (Å²) in [6.45, 7) is 3.65. The predicted octanol–water partition coefficient (Wildman–Crippen LogP) is 2.26. The minimum Gasteiger partial charge on any atom is -0.396 e. The van der Waals surface area contributed by atoms with Gasteiger partial charge in [0.1, 0.15) is 0 Å². The van der Waals surface area contributed by atoms with Crippen molar-refractivity contribution in [1.29, 1.82) is 0 Å². The Balaban J connectivity index is 2.79. The molecule has 0 fully saturated rings. The monoisotopic (exact) mass is 341 g/mol. The van der Waals surface area contributed by atoms with Crippen molar-refractivity contribution in [3.63, 3.8) is 0 Å². The van der Waals surface area contributed by atoms with Crippen molar-refractivity contribution in [2.24, 2.45) is 0 Å². The molecule has 1 aromatic heterocycles. The molecule has 98 valence electrons. The number of aliphatic hydroxyl groups excluding tert-OH is 1. The molecule has 0 radical (unpaired) electrons. The molecule has 0 bridgehead atoms. The zero-order valence-corrected chi connectivity index (χ0v) is 13.0. The van der Waals surface area contributed by atoms with E-state index in [4.69, 9.17) is 5.11 Å². The third-order valence-corrected chi connectivity index (χ3v) is 5.68. The highest BCUT2D eigenvalue weighted by atomic mass is 79.9. The summed E-state index contributed by atoms with van der Waals surface area (Å²) in [5.41, 5.74) is 0. The molecule has 1 heterocycles. The van der Waals surface area contributed by atoms with Gasteiger partial charge in [0.25, 0.3) is 0 Å². The standard InChI is InChI=1S/C10H16BrNO3S2/c1-7(4-3-5-13)12-17(14,15)9-6-10(11)16-8(9)2/h6-7,12-13H,3-5H2,1-2H3. The number of sulfonamides is 1. The maximum Gasteiger partial charge on any atom is 0.241 e. The molecule has 7 heteroatoms. The molecule has 0 spiro atoms. The second-order valence-electron chi connectivity index (χ2n) is 3.86. The number of hydrogen-bond acceptors (Lipinski definition) is 4. The second-order valence-corrected chi connectivity index (χ2v) is 8.18. The van der Waals surface area contributed by atoms with E-state index in [1.54, 1.807) is 19.9 Å². The maximum absolute atomic E-state index is 12.1. The molecule has 0 aromatic carbocycles. The first-order valence-electron chi connectivity index (χ1n) is 5.26. The molecule has 0 saturated carbocycles. The summed E-state index contributed by atoms with van der Waals surface area (Å²) in [6.07, 6.45) is 1.22. The van der Waals surface area contributed by atoms with Gasteiger partial charge in [0.15, 0.2) is 0 Å². The number of nitrogens with one attached hydrogen (secondary N) is 1. The molecule has 1 aromatic rings. The molecule has 1 unspecified atom stereocenters. The topological polar surface area (TPSA) is 66.4 Å². The van der Waals surface area contributed by atoms with Crippen LogP contribution >= 0.6 is 27.3 Å². The van der Waals surface area contributed by atoms with E-state index in [0.29, 0.717) is 17.7 Å². The first kappa shape index (κ1) is 15.1. The third-order valence-electron chi connectivity index (χ3n) is 2.28. The highest BCUT2D eigenvalue weighted by molar-refractivity contribution is 9.11. The molecular formula is C10H16BrNO3S2. The molecule has 4 nitrogen and oxygen atoms in total. The van der Waals surface area contributed by atoms with Gasteiger partial charge in [0, 0.05) is 17.5 Å². The Morgan fingerprint density at radius 3 is 2.71 bits per heavy atom. The summed E-state index contributed by atoms with van der Waals surface area (Å²) in [4.78, 5) is 1.09. The average molecular weight is 342 g/mol. The maximum atomic E-state index is 12.1. The summed E-state index contributed by atoms with van der Waals surface area (Å²) >= 11 is 4.68. The van der Waals surface area contributed by atoms with Gasteiger partial charge in [0.05, 0.1) is 8.68 Å². The quantitative estimate of drug-likeness (QED) is 0.833. The fraction of sp³-hybridized carbons (Fsp3) is 0.600. The number of aliphatic hydroxyl groups is 1. The number of aryl methyl sites for hydroxylation is 1. The van der Waals surface area contributed by atoms with E-state index in [1.807, 2.05) is 0 Å². The normalized spacial score (nSPS) is 13.9. The Kier molecular flexibility index (Phi) is 5.59. The molecule has 0 aliphatic heterocycles. The highest BCUT2D eigenvalue weighted by Crippen LogP contribution is 2.29. The number of thiophene rings is 1. The fourth-order valence-electron chi connectivity index (χ4n) is 1.48. The Bertz CT molecular complexity index is 470. The van der Waals surface area contributed by atoms with E-state index in [1.165, 1.54) is 11.3 Å². The molecule has 0 aliphatic carbocycles. The van der Waals surface area contributed by atoms with Gasteiger partial charge in [0.2, 0.25) is 10.0 Å². The minimum atomic E-state index is -3.45. The minimum absolute atomic E-state index is 0.0785. The van der Waals surface area contributed by atoms with Gasteiger partial charge in [-0.2, -0.15) is 0 Å². The van der Waals surface area contributed by atoms with E-state index in [2.05, 4.69) is 20.7 Å². The van der Waals surface area contributed by atoms with Gasteiger partial charge in [-0.15, -0.1) is 11.3 Å². The van der Waals surface area contributed by atoms with Crippen LogP contribution in [-0.2, 0) is 10.0 Å². The third kappa shape index (κ3) is 4.33. The lowest BCUT2D eigenvalue weighted by atomic mass is 10.2. The number of hydrogen-bond donors (Lipinski definition) is 2. The fourth-order valence-corrected chi connectivity index (χ4v) is 5.17. The Morgan fingerprint density at radius 1 is 1.59 bits per heavy atom. The Hall–Kier alpha value is 0.0500. The lowest BCUT2D eigenvalue weighted by Crippen LogP contribution is -2.32. The van der Waals surface area contributed by atoms with E-state index >= 15 is 0 Å². The summed E-state index contributed by atoms with van der Waals surface area (Å²) < 4.78 is 27.5. The van der Waals surface area contributed by atoms with Crippen LogP contribution in [0.3, 0.4) is 0 Å². The zero-order valence-electron chi connectivity index (χ0n) is 9.73. The van der Waals surface area contributed by atoms with E-state index in [9.17, 15) is 8.42 Å². The molecule has 0 aliphatic rings. The van der Waals surface area contributed by atoms with Gasteiger partial charge in [-0.1, -0.05) is 0 Å². The van der Waals surface area contributed by atoms with E-state index in [-0.39, 0.29) is 12.6 Å². The lowest BCUT2D eigenvalue weighted by Gasteiger charge is -2.13. The van der Waals surface area contributed by atoms with Gasteiger partial charge in [-0.05, 0) is 48.7 Å². The molecule has 1 rings (SSSR count). The van der Waals surface area contributed by atoms with Crippen LogP contribution in [0.5, 0.6) is 0 Å². The van der Waals surface area contributed by atoms with Crippen molar-refractivity contribution in [3.05, 3.63) is 14.7 Å². The van der Waals surface area contributed by atoms with Crippen molar-refractivity contribution >= 4 is 37.3 Å². The largest absolute Gasteiger partial charge is 0.396 e. The second kappa shape index (κ2) is 6.29. The van der Waals surface area contributed by atoms with Gasteiger partial charge in [-0.3, -0.25) is 0 Å². The van der Waals surface area contributed by atoms with Crippen molar-refractivity contribution in [1.82, 2.24) is 4.72 Å². The van der Waals surface area contributed by atoms with Crippen LogP contribution < -0.4 is 4.72 Å². The van der Waals surface area contributed by atoms with Crippen LogP contribution in [0.25, 0.3) is 0 Å². The average Bonchev–Trinajstić information content (AvgIpc) is 2.55. The SMILES string of the molecule is Cc1sc(Br)cc1S(=O)(=O)NC(C)CCCO. The molecule has 0 amide bonds. The van der Waals surface area contributed by atoms with Crippen molar-refractivity contribution in [3.8, 4) is 0 Å². The predicted molar refractivity (Wildman–Crippen MR) is 72.9 cm³/mol. The first-order chi connectivity index (χ1) is 7.86. The Morgan fingerprint density at radius 2 is 2.24 bits per heavy atom. The molecule has 17 heavy (non-hydrogen) atoms. The summed E-state index contributed by atoms with van der Waals surface area (Å²) in [5, 5.41) is 8.70. The van der Waals surface area contributed by atoms with E-state index < -0.39 is 10.0 Å². The first-order valence-corrected chi connectivity index (χ1v) is 8.35. The molecular weight excluding hydrogens is 326 g/mol. The summed E-state index contributed by atoms with van der Waals surface area (Å²) in [7, 11) is -3.45. The van der Waals surface area contributed by atoms with Crippen LogP contribution in [0.1, 0.15) is 24.6 Å². The highest BCUT2D eigenvalue weighted by Gasteiger charge is 2.21. The summed E-state index contributed by atoms with van der Waals surface area (Å²) in [6, 6.07) is 1.44.